The maximum atomic E-state index is 12.9. The Labute approximate surface area is 177 Å². The van der Waals surface area contributed by atoms with Crippen molar-refractivity contribution in [3.8, 4) is 5.75 Å². The molecule has 0 bridgehead atoms. The molecule has 0 spiro atoms. The number of amides is 2. The Morgan fingerprint density at radius 2 is 1.60 bits per heavy atom. The van der Waals surface area contributed by atoms with Gasteiger partial charge in [0.1, 0.15) is 31.0 Å². The maximum absolute atomic E-state index is 12.9. The molecule has 2 aromatic carbocycles. The average molecular weight is 416 g/mol. The number of hydrogen-bond acceptors (Lipinski definition) is 6. The third kappa shape index (κ3) is 6.38. The highest BCUT2D eigenvalue weighted by atomic mass is 16.8. The van der Waals surface area contributed by atoms with Gasteiger partial charge < -0.3 is 15.2 Å². The van der Waals surface area contributed by atoms with Crippen LogP contribution in [0.2, 0.25) is 0 Å². The Hall–Kier alpha value is -2.74. The van der Waals surface area contributed by atoms with Crippen molar-refractivity contribution in [2.75, 3.05) is 14.2 Å². The lowest BCUT2D eigenvalue weighted by atomic mass is 10.1. The summed E-state index contributed by atoms with van der Waals surface area (Å²) in [7, 11) is 2.60. The molecule has 7 nitrogen and oxygen atoms in total. The quantitative estimate of drug-likeness (QED) is 0.549. The third-order valence-corrected chi connectivity index (χ3v) is 4.47. The number of quaternary nitrogens is 1. The predicted molar refractivity (Wildman–Crippen MR) is 113 cm³/mol. The maximum Gasteiger partial charge on any atom is 0.557 e. The first kappa shape index (κ1) is 23.5. The van der Waals surface area contributed by atoms with Gasteiger partial charge in [-0.2, -0.15) is 9.63 Å². The molecule has 2 N–H and O–H groups in total. The number of benzene rings is 2. The number of ether oxygens (including phenoxy) is 2. The number of carbonyl (C=O) groups excluding carboxylic acids is 2. The molecule has 0 saturated heterocycles. The van der Waals surface area contributed by atoms with Crippen LogP contribution in [0.4, 0.5) is 4.79 Å². The third-order valence-electron chi connectivity index (χ3n) is 4.47. The van der Waals surface area contributed by atoms with Gasteiger partial charge in [-0.25, -0.2) is 4.79 Å². The minimum absolute atomic E-state index is 0.248. The van der Waals surface area contributed by atoms with Crippen molar-refractivity contribution in [1.82, 2.24) is 0 Å². The number of nitrogens with zero attached hydrogens (tertiary/aromatic N) is 1. The number of imide groups is 1. The van der Waals surface area contributed by atoms with Gasteiger partial charge in [-0.1, -0.05) is 42.5 Å². The molecule has 0 aliphatic rings. The molecule has 162 valence electrons. The van der Waals surface area contributed by atoms with Crippen LogP contribution in [0.5, 0.6) is 5.75 Å². The van der Waals surface area contributed by atoms with Crippen LogP contribution < -0.4 is 10.5 Å². The molecular formula is C23H31N2O5+. The van der Waals surface area contributed by atoms with Crippen molar-refractivity contribution in [2.45, 2.75) is 45.4 Å². The summed E-state index contributed by atoms with van der Waals surface area (Å²) in [6, 6.07) is 16.3. The summed E-state index contributed by atoms with van der Waals surface area (Å²) in [5.41, 5.74) is 7.27. The van der Waals surface area contributed by atoms with Crippen LogP contribution in [0.1, 0.15) is 31.9 Å². The molecule has 2 atom stereocenters. The van der Waals surface area contributed by atoms with E-state index in [0.29, 0.717) is 12.4 Å². The SMILES string of the molecule is CO[N+](C)(C(=O)OC(C)(C)C)C(=O)[C@@H](N)Cc1ccc(OCc2ccccc2)cc1. The standard InChI is InChI=1S/C23H31N2O5/c1-23(2,3)30-22(27)25(4,28-5)21(26)20(24)15-17-11-13-19(14-12-17)29-16-18-9-7-6-8-10-18/h6-14,20H,15-16,24H2,1-5H3/q+1/t20-,25?/m0/s1. The summed E-state index contributed by atoms with van der Waals surface area (Å²) >= 11 is 0. The van der Waals surface area contributed by atoms with E-state index in [2.05, 4.69) is 0 Å². The Balaban J connectivity index is 1.99. The van der Waals surface area contributed by atoms with Gasteiger partial charge in [-0.15, -0.1) is 0 Å². The molecule has 30 heavy (non-hydrogen) atoms. The highest BCUT2D eigenvalue weighted by Gasteiger charge is 2.48. The van der Waals surface area contributed by atoms with Crippen molar-refractivity contribution in [3.05, 3.63) is 65.7 Å². The summed E-state index contributed by atoms with van der Waals surface area (Å²) in [5.74, 6) is 0.130. The molecule has 2 rings (SSSR count). The normalized spacial score (nSPS) is 14.5. The van der Waals surface area contributed by atoms with E-state index in [1.54, 1.807) is 20.8 Å². The zero-order valence-corrected chi connectivity index (χ0v) is 18.3. The van der Waals surface area contributed by atoms with E-state index < -0.39 is 28.3 Å². The van der Waals surface area contributed by atoms with Gasteiger partial charge in [-0.05, 0) is 48.7 Å². The van der Waals surface area contributed by atoms with E-state index in [1.165, 1.54) is 14.2 Å². The highest BCUT2D eigenvalue weighted by molar-refractivity contribution is 5.84. The fourth-order valence-corrected chi connectivity index (χ4v) is 2.72. The Morgan fingerprint density at radius 3 is 2.13 bits per heavy atom. The number of rotatable bonds is 7. The van der Waals surface area contributed by atoms with E-state index in [-0.39, 0.29) is 6.42 Å². The minimum atomic E-state index is -0.989. The second-order valence-corrected chi connectivity index (χ2v) is 8.15. The van der Waals surface area contributed by atoms with Crippen LogP contribution >= 0.6 is 0 Å². The molecular weight excluding hydrogens is 384 g/mol. The number of carbonyl (C=O) groups is 2. The summed E-state index contributed by atoms with van der Waals surface area (Å²) in [6.45, 7) is 5.63. The Morgan fingerprint density at radius 1 is 1.00 bits per heavy atom. The summed E-state index contributed by atoms with van der Waals surface area (Å²) < 4.78 is 10.1. The van der Waals surface area contributed by atoms with E-state index in [9.17, 15) is 9.59 Å². The van der Waals surface area contributed by atoms with E-state index >= 15 is 0 Å². The lowest BCUT2D eigenvalue weighted by Gasteiger charge is -2.29. The monoisotopic (exact) mass is 415 g/mol. The van der Waals surface area contributed by atoms with Crippen LogP contribution in [-0.4, -0.2) is 42.4 Å². The first-order valence-corrected chi connectivity index (χ1v) is 9.76. The van der Waals surface area contributed by atoms with Gasteiger partial charge in [0.25, 0.3) is 0 Å². The molecule has 0 heterocycles. The molecule has 7 heteroatoms. The first-order valence-electron chi connectivity index (χ1n) is 9.76. The molecule has 0 saturated carbocycles. The fraction of sp³-hybridized carbons (Fsp3) is 0.391. The molecule has 2 amide bonds. The number of hydroxylamine groups is 3. The Bertz CT molecular complexity index is 846. The van der Waals surface area contributed by atoms with Gasteiger partial charge in [0.2, 0.25) is 0 Å². The molecule has 0 aliphatic carbocycles. The van der Waals surface area contributed by atoms with Crippen LogP contribution in [0, 0.1) is 0 Å². The van der Waals surface area contributed by atoms with Crippen molar-refractivity contribution >= 4 is 12.0 Å². The van der Waals surface area contributed by atoms with Crippen molar-refractivity contribution < 1.29 is 28.5 Å². The van der Waals surface area contributed by atoms with Crippen LogP contribution in [-0.2, 0) is 27.4 Å². The average Bonchev–Trinajstić information content (AvgIpc) is 2.71. The lowest BCUT2D eigenvalue weighted by molar-refractivity contribution is -0.964. The lowest BCUT2D eigenvalue weighted by Crippen LogP contribution is -2.60. The molecule has 2 aromatic rings. The summed E-state index contributed by atoms with van der Waals surface area (Å²) in [5, 5.41) is 0. The van der Waals surface area contributed by atoms with Crippen LogP contribution in [0.15, 0.2) is 54.6 Å². The van der Waals surface area contributed by atoms with Gasteiger partial charge in [0, 0.05) is 6.42 Å². The van der Waals surface area contributed by atoms with Crippen molar-refractivity contribution in [1.29, 1.82) is 0 Å². The van der Waals surface area contributed by atoms with Crippen molar-refractivity contribution in [3.63, 3.8) is 0 Å². The molecule has 0 aromatic heterocycles. The van der Waals surface area contributed by atoms with Gasteiger partial charge in [0.05, 0.1) is 7.11 Å². The van der Waals surface area contributed by atoms with Gasteiger partial charge >= 0.3 is 12.0 Å². The van der Waals surface area contributed by atoms with Crippen molar-refractivity contribution in [2.24, 2.45) is 5.73 Å². The second kappa shape index (κ2) is 9.84. The minimum Gasteiger partial charge on any atom is -0.489 e. The van der Waals surface area contributed by atoms with E-state index in [4.69, 9.17) is 20.0 Å². The topological polar surface area (TPSA) is 87.9 Å². The highest BCUT2D eigenvalue weighted by Crippen LogP contribution is 2.19. The second-order valence-electron chi connectivity index (χ2n) is 8.15. The summed E-state index contributed by atoms with van der Waals surface area (Å²) in [6.07, 6.45) is -0.562. The predicted octanol–water partition coefficient (Wildman–Crippen LogP) is 3.61. The van der Waals surface area contributed by atoms with Gasteiger partial charge in [0.15, 0.2) is 0 Å². The van der Waals surface area contributed by atoms with Crippen LogP contribution in [0.3, 0.4) is 0 Å². The van der Waals surface area contributed by atoms with Crippen LogP contribution in [0.25, 0.3) is 0 Å². The van der Waals surface area contributed by atoms with Gasteiger partial charge in [-0.3, -0.25) is 0 Å². The zero-order valence-electron chi connectivity index (χ0n) is 18.3. The van der Waals surface area contributed by atoms with E-state index in [0.717, 1.165) is 11.1 Å². The number of nitrogens with two attached hydrogens (primary N) is 1. The van der Waals surface area contributed by atoms with E-state index in [1.807, 2.05) is 54.6 Å². The number of likely N-dealkylation sites (N-methyl/N-ethyl adjacent to an activating group) is 1. The Kier molecular flexibility index (Phi) is 7.72. The smallest absolute Gasteiger partial charge is 0.489 e. The summed E-state index contributed by atoms with van der Waals surface area (Å²) in [4.78, 5) is 30.5. The molecule has 0 fully saturated rings. The molecule has 0 radical (unpaired) electrons. The zero-order chi connectivity index (χ0) is 22.4. The number of hydrogen-bond donors (Lipinski definition) is 1. The molecule has 1 unspecified atom stereocenters. The largest absolute Gasteiger partial charge is 0.557 e. The molecule has 0 aliphatic heterocycles. The first-order chi connectivity index (χ1) is 14.0. The fourth-order valence-electron chi connectivity index (χ4n) is 2.72.